The summed E-state index contributed by atoms with van der Waals surface area (Å²) in [5.41, 5.74) is 1.81. The molecule has 1 saturated carbocycles. The molecule has 2 aromatic carbocycles. The molecule has 0 bridgehead atoms. The first-order valence-corrected chi connectivity index (χ1v) is 13.8. The third-order valence-electron chi connectivity index (χ3n) is 7.13. The molecule has 0 spiro atoms. The SMILES string of the molecule is C=Cc1cccc(C(C(=O)NCc2ccccc2)N(C(=O)C(NC(=O)OC(C)(C)C)C(C)CC)C2CC2C)c1. The molecular weight excluding hydrogens is 490 g/mol. The molecule has 2 aromatic rings. The molecule has 0 heterocycles. The maximum Gasteiger partial charge on any atom is 0.408 e. The Morgan fingerprint density at radius 1 is 1.13 bits per heavy atom. The molecule has 1 aliphatic rings. The lowest BCUT2D eigenvalue weighted by Gasteiger charge is -2.36. The van der Waals surface area contributed by atoms with E-state index in [0.717, 1.165) is 17.5 Å². The van der Waals surface area contributed by atoms with Crippen molar-refractivity contribution in [3.63, 3.8) is 0 Å². The largest absolute Gasteiger partial charge is 0.444 e. The van der Waals surface area contributed by atoms with E-state index < -0.39 is 23.8 Å². The van der Waals surface area contributed by atoms with Gasteiger partial charge < -0.3 is 20.3 Å². The van der Waals surface area contributed by atoms with Gasteiger partial charge in [0, 0.05) is 12.6 Å². The van der Waals surface area contributed by atoms with Crippen LogP contribution < -0.4 is 10.6 Å². The van der Waals surface area contributed by atoms with Crippen LogP contribution in [-0.2, 0) is 20.9 Å². The highest BCUT2D eigenvalue weighted by molar-refractivity contribution is 5.93. The number of amides is 3. The summed E-state index contributed by atoms with van der Waals surface area (Å²) >= 11 is 0. The molecule has 7 nitrogen and oxygen atoms in total. The van der Waals surface area contributed by atoms with Gasteiger partial charge in [0.1, 0.15) is 17.7 Å². The van der Waals surface area contributed by atoms with Crippen molar-refractivity contribution < 1.29 is 19.1 Å². The minimum atomic E-state index is -0.872. The van der Waals surface area contributed by atoms with Crippen LogP contribution >= 0.6 is 0 Å². The summed E-state index contributed by atoms with van der Waals surface area (Å²) in [6.07, 6.45) is 2.52. The standard InChI is InChI=1S/C32H43N3O4/c1-8-21(3)27(34-31(38)39-32(5,6)7)30(37)35(26-18-22(26)4)28(25-17-13-16-23(9-2)19-25)29(36)33-20-24-14-11-10-12-15-24/h9-17,19,21-22,26-28H,2,8,18,20H2,1,3-7H3,(H,33,36)(H,34,38). The number of hydrogen-bond donors (Lipinski definition) is 2. The van der Waals surface area contributed by atoms with E-state index in [1.165, 1.54) is 0 Å². The number of ether oxygens (including phenoxy) is 1. The van der Waals surface area contributed by atoms with E-state index in [1.807, 2.05) is 68.4 Å². The first-order chi connectivity index (χ1) is 18.4. The van der Waals surface area contributed by atoms with Crippen molar-refractivity contribution >= 4 is 24.0 Å². The van der Waals surface area contributed by atoms with Gasteiger partial charge in [-0.15, -0.1) is 0 Å². The van der Waals surface area contributed by atoms with Gasteiger partial charge in [-0.1, -0.05) is 88.4 Å². The third-order valence-corrected chi connectivity index (χ3v) is 7.13. The highest BCUT2D eigenvalue weighted by Gasteiger charge is 2.48. The second kappa shape index (κ2) is 13.0. The Labute approximate surface area is 233 Å². The van der Waals surface area contributed by atoms with Crippen LogP contribution in [0.25, 0.3) is 6.08 Å². The summed E-state index contributed by atoms with van der Waals surface area (Å²) < 4.78 is 5.49. The number of alkyl carbamates (subject to hydrolysis) is 1. The molecule has 39 heavy (non-hydrogen) atoms. The van der Waals surface area contributed by atoms with Gasteiger partial charge in [0.15, 0.2) is 0 Å². The van der Waals surface area contributed by atoms with E-state index in [-0.39, 0.29) is 29.7 Å². The zero-order valence-electron chi connectivity index (χ0n) is 24.1. The van der Waals surface area contributed by atoms with Crippen LogP contribution in [-0.4, -0.2) is 40.5 Å². The van der Waals surface area contributed by atoms with Gasteiger partial charge >= 0.3 is 6.09 Å². The van der Waals surface area contributed by atoms with Crippen LogP contribution in [0.5, 0.6) is 0 Å². The van der Waals surface area contributed by atoms with Crippen molar-refractivity contribution in [2.24, 2.45) is 11.8 Å². The molecule has 0 aliphatic heterocycles. The highest BCUT2D eigenvalue weighted by Crippen LogP contribution is 2.41. The molecule has 1 aliphatic carbocycles. The number of benzene rings is 2. The fourth-order valence-corrected chi connectivity index (χ4v) is 4.63. The molecule has 0 saturated heterocycles. The second-order valence-electron chi connectivity index (χ2n) is 11.5. The lowest BCUT2D eigenvalue weighted by Crippen LogP contribution is -2.56. The van der Waals surface area contributed by atoms with E-state index >= 15 is 0 Å². The number of nitrogens with one attached hydrogen (secondary N) is 2. The van der Waals surface area contributed by atoms with Crippen molar-refractivity contribution in [2.45, 2.75) is 84.7 Å². The lowest BCUT2D eigenvalue weighted by atomic mass is 9.95. The average molecular weight is 534 g/mol. The van der Waals surface area contributed by atoms with E-state index in [4.69, 9.17) is 4.74 Å². The number of hydrogen-bond acceptors (Lipinski definition) is 4. The maximum absolute atomic E-state index is 14.4. The number of carbonyl (C=O) groups is 3. The van der Waals surface area contributed by atoms with Gasteiger partial charge in [0.05, 0.1) is 0 Å². The molecule has 1 fully saturated rings. The Hall–Kier alpha value is -3.61. The minimum Gasteiger partial charge on any atom is -0.444 e. The van der Waals surface area contributed by atoms with Crippen molar-refractivity contribution in [3.8, 4) is 0 Å². The van der Waals surface area contributed by atoms with Crippen LogP contribution in [0, 0.1) is 11.8 Å². The zero-order valence-corrected chi connectivity index (χ0v) is 24.1. The van der Waals surface area contributed by atoms with E-state index in [9.17, 15) is 14.4 Å². The molecular formula is C32H43N3O4. The Morgan fingerprint density at radius 3 is 2.36 bits per heavy atom. The topological polar surface area (TPSA) is 87.7 Å². The Morgan fingerprint density at radius 2 is 1.79 bits per heavy atom. The molecule has 0 aromatic heterocycles. The average Bonchev–Trinajstić information content (AvgIpc) is 3.63. The van der Waals surface area contributed by atoms with Gasteiger partial charge in [-0.3, -0.25) is 9.59 Å². The molecule has 0 radical (unpaired) electrons. The van der Waals surface area contributed by atoms with Crippen molar-refractivity contribution in [2.75, 3.05) is 0 Å². The van der Waals surface area contributed by atoms with E-state index in [2.05, 4.69) is 24.1 Å². The summed E-state index contributed by atoms with van der Waals surface area (Å²) in [6, 6.07) is 15.4. The van der Waals surface area contributed by atoms with Crippen molar-refractivity contribution in [3.05, 3.63) is 77.9 Å². The quantitative estimate of drug-likeness (QED) is 0.379. The molecule has 3 amide bonds. The van der Waals surface area contributed by atoms with Crippen LogP contribution in [0.3, 0.4) is 0 Å². The first-order valence-electron chi connectivity index (χ1n) is 13.8. The van der Waals surface area contributed by atoms with Crippen LogP contribution in [0.2, 0.25) is 0 Å². The Kier molecular flexibility index (Phi) is 9.95. The molecule has 210 valence electrons. The summed E-state index contributed by atoms with van der Waals surface area (Å²) in [5.74, 6) is -0.490. The molecule has 7 heteroatoms. The second-order valence-corrected chi connectivity index (χ2v) is 11.5. The van der Waals surface area contributed by atoms with Crippen LogP contribution in [0.15, 0.2) is 61.2 Å². The smallest absolute Gasteiger partial charge is 0.408 e. The highest BCUT2D eigenvalue weighted by atomic mass is 16.6. The molecule has 2 N–H and O–H groups in total. The van der Waals surface area contributed by atoms with Gasteiger partial charge in [-0.2, -0.15) is 0 Å². The summed E-state index contributed by atoms with van der Waals surface area (Å²) in [5, 5.41) is 5.88. The normalized spacial score (nSPS) is 18.7. The Balaban J connectivity index is 2.01. The minimum absolute atomic E-state index is 0.121. The predicted octanol–water partition coefficient (Wildman–Crippen LogP) is 5.86. The first kappa shape index (κ1) is 29.9. The zero-order chi connectivity index (χ0) is 28.7. The van der Waals surface area contributed by atoms with E-state index in [1.54, 1.807) is 31.7 Å². The monoisotopic (exact) mass is 533 g/mol. The fourth-order valence-electron chi connectivity index (χ4n) is 4.63. The maximum atomic E-state index is 14.4. The summed E-state index contributed by atoms with van der Waals surface area (Å²) in [4.78, 5) is 42.8. The van der Waals surface area contributed by atoms with Gasteiger partial charge in [-0.05, 0) is 61.8 Å². The number of carbonyl (C=O) groups excluding carboxylic acids is 3. The molecule has 5 unspecified atom stereocenters. The lowest BCUT2D eigenvalue weighted by molar-refractivity contribution is -0.144. The predicted molar refractivity (Wildman–Crippen MR) is 155 cm³/mol. The van der Waals surface area contributed by atoms with E-state index in [0.29, 0.717) is 18.5 Å². The number of rotatable bonds is 11. The molecule has 5 atom stereocenters. The fraction of sp³-hybridized carbons (Fsp3) is 0.469. The van der Waals surface area contributed by atoms with Gasteiger partial charge in [0.25, 0.3) is 0 Å². The van der Waals surface area contributed by atoms with Crippen LogP contribution in [0.4, 0.5) is 4.79 Å². The van der Waals surface area contributed by atoms with Crippen LogP contribution in [0.1, 0.15) is 77.1 Å². The van der Waals surface area contributed by atoms with Gasteiger partial charge in [-0.25, -0.2) is 4.79 Å². The summed E-state index contributed by atoms with van der Waals surface area (Å²) in [6.45, 7) is 15.5. The summed E-state index contributed by atoms with van der Waals surface area (Å²) in [7, 11) is 0. The molecule has 3 rings (SSSR count). The van der Waals surface area contributed by atoms with Crippen molar-refractivity contribution in [1.29, 1.82) is 0 Å². The third kappa shape index (κ3) is 8.19. The number of nitrogens with zero attached hydrogens (tertiary/aromatic N) is 1. The van der Waals surface area contributed by atoms with Gasteiger partial charge in [0.2, 0.25) is 11.8 Å². The Bertz CT molecular complexity index is 1160. The van der Waals surface area contributed by atoms with Crippen molar-refractivity contribution in [1.82, 2.24) is 15.5 Å².